The molecular weight excluding hydrogens is 738 g/mol. The van der Waals surface area contributed by atoms with Crippen LogP contribution >= 0.6 is 0 Å². The molecule has 0 heterocycles. The third kappa shape index (κ3) is 6.18. The molecule has 0 spiro atoms. The fourth-order valence-corrected chi connectivity index (χ4v) is 2.72. The number of rotatable bonds is 6. The van der Waals surface area contributed by atoms with E-state index in [1.165, 1.54) is 4.99 Å². The van der Waals surface area contributed by atoms with Crippen LogP contribution in [-0.2, 0) is 0 Å². The lowest BCUT2D eigenvalue weighted by molar-refractivity contribution is -0.337. The Kier molecular flexibility index (Phi) is 9.86. The van der Waals surface area contributed by atoms with Crippen LogP contribution in [0.4, 0.5) is 117 Å². The van der Waals surface area contributed by atoms with E-state index in [0.717, 1.165) is 4.99 Å². The SMILES string of the molecule is Fc1c(F)c(F)c(N=C(N=C(Nc2c(F)c(F)c(F)c(F)c2F)C(F)(F)C(F)(F)C(F)(F)F)C(F)(F)C(F)(F)C(F)(F)F)c(F)c1F. The molecule has 264 valence electrons. The van der Waals surface area contributed by atoms with E-state index in [1.807, 2.05) is 0 Å². The van der Waals surface area contributed by atoms with E-state index in [1.54, 1.807) is 0 Å². The maximum absolute atomic E-state index is 14.6. The molecule has 0 aliphatic carbocycles. The number of nitrogens with one attached hydrogen (secondary N) is 1. The van der Waals surface area contributed by atoms with Crippen LogP contribution in [0.2, 0.25) is 0 Å². The van der Waals surface area contributed by atoms with Crippen molar-refractivity contribution in [1.29, 1.82) is 0 Å². The molecule has 0 aliphatic heterocycles. The van der Waals surface area contributed by atoms with Crippen LogP contribution in [0, 0.1) is 58.2 Å². The zero-order valence-corrected chi connectivity index (χ0v) is 20.5. The van der Waals surface area contributed by atoms with Crippen LogP contribution in [0.5, 0.6) is 0 Å². The zero-order valence-electron chi connectivity index (χ0n) is 20.5. The lowest BCUT2D eigenvalue weighted by Crippen LogP contribution is -2.59. The van der Waals surface area contributed by atoms with E-state index < -0.39 is 117 Å². The number of anilines is 1. The molecule has 2 rings (SSSR count). The molecular formula is C20HF24N3. The summed E-state index contributed by atoms with van der Waals surface area (Å²) in [6.07, 6.45) is -15.5. The molecule has 47 heavy (non-hydrogen) atoms. The van der Waals surface area contributed by atoms with Gasteiger partial charge in [0.25, 0.3) is 0 Å². The maximum atomic E-state index is 14.6. The number of amidine groups is 2. The molecule has 27 heteroatoms. The van der Waals surface area contributed by atoms with Gasteiger partial charge in [-0.3, -0.25) is 0 Å². The van der Waals surface area contributed by atoms with Crippen molar-refractivity contribution in [2.24, 2.45) is 9.98 Å². The van der Waals surface area contributed by atoms with Crippen LogP contribution in [0.3, 0.4) is 0 Å². The molecule has 0 bridgehead atoms. The first-order valence-corrected chi connectivity index (χ1v) is 10.4. The molecule has 2 aromatic carbocycles. The average molecular weight is 739 g/mol. The number of aliphatic imine (C=N–C) groups is 2. The van der Waals surface area contributed by atoms with E-state index >= 15 is 0 Å². The number of hydrogen-bond acceptors (Lipinski definition) is 1. The Morgan fingerprint density at radius 2 is 0.702 bits per heavy atom. The van der Waals surface area contributed by atoms with Crippen LogP contribution in [0.1, 0.15) is 0 Å². The van der Waals surface area contributed by atoms with E-state index in [4.69, 9.17) is 0 Å². The second kappa shape index (κ2) is 11.9. The molecule has 3 nitrogen and oxygen atoms in total. The molecule has 0 fully saturated rings. The average Bonchev–Trinajstić information content (AvgIpc) is 2.94. The van der Waals surface area contributed by atoms with E-state index in [9.17, 15) is 105 Å². The normalized spacial score (nSPS) is 14.6. The predicted octanol–water partition coefficient (Wildman–Crippen LogP) is 9.28. The van der Waals surface area contributed by atoms with Crippen molar-refractivity contribution in [3.63, 3.8) is 0 Å². The maximum Gasteiger partial charge on any atom is 0.460 e. The summed E-state index contributed by atoms with van der Waals surface area (Å²) in [5.41, 5.74) is -6.72. The Labute approximate surface area is 239 Å². The van der Waals surface area contributed by atoms with E-state index in [0.29, 0.717) is 0 Å². The molecule has 2 aromatic rings. The van der Waals surface area contributed by atoms with Crippen molar-refractivity contribution >= 4 is 23.0 Å². The first-order chi connectivity index (χ1) is 20.8. The fraction of sp³-hybridized carbons (Fsp3) is 0.300. The summed E-state index contributed by atoms with van der Waals surface area (Å²) in [7, 11) is 0. The van der Waals surface area contributed by atoms with Crippen LogP contribution < -0.4 is 5.32 Å². The molecule has 0 aromatic heterocycles. The Hall–Kier alpha value is -4.10. The molecule has 0 saturated carbocycles. The van der Waals surface area contributed by atoms with Crippen molar-refractivity contribution in [2.45, 2.75) is 36.0 Å². The topological polar surface area (TPSA) is 36.8 Å². The summed E-state index contributed by atoms with van der Waals surface area (Å²) in [6, 6.07) is 0. The van der Waals surface area contributed by atoms with Gasteiger partial charge in [0.15, 0.2) is 52.4 Å². The predicted molar refractivity (Wildman–Crippen MR) is 103 cm³/mol. The number of hydrogen-bond donors (Lipinski definition) is 1. The Bertz CT molecular complexity index is 1570. The van der Waals surface area contributed by atoms with Crippen molar-refractivity contribution in [2.75, 3.05) is 5.32 Å². The smallest absolute Gasteiger partial charge is 0.333 e. The van der Waals surface area contributed by atoms with Gasteiger partial charge < -0.3 is 5.32 Å². The van der Waals surface area contributed by atoms with Crippen molar-refractivity contribution in [1.82, 2.24) is 0 Å². The summed E-state index contributed by atoms with van der Waals surface area (Å²) < 4.78 is 326. The van der Waals surface area contributed by atoms with Gasteiger partial charge in [-0.15, -0.1) is 0 Å². The Morgan fingerprint density at radius 3 is 1.04 bits per heavy atom. The van der Waals surface area contributed by atoms with Crippen molar-refractivity contribution < 1.29 is 105 Å². The molecule has 0 amide bonds. The fourth-order valence-electron chi connectivity index (χ4n) is 2.72. The number of benzene rings is 2. The molecule has 0 aliphatic rings. The van der Waals surface area contributed by atoms with Gasteiger partial charge in [0.05, 0.1) is 0 Å². The van der Waals surface area contributed by atoms with E-state index in [2.05, 4.69) is 0 Å². The second-order valence-electron chi connectivity index (χ2n) is 8.18. The summed E-state index contributed by atoms with van der Waals surface area (Å²) >= 11 is 0. The minimum absolute atomic E-state index is 0.330. The lowest BCUT2D eigenvalue weighted by atomic mass is 10.1. The highest BCUT2D eigenvalue weighted by Gasteiger charge is 2.77. The number of alkyl halides is 14. The quantitative estimate of drug-likeness (QED) is 0.104. The monoisotopic (exact) mass is 739 g/mol. The molecule has 0 radical (unpaired) electrons. The van der Waals surface area contributed by atoms with Gasteiger partial charge in [-0.2, -0.15) is 61.5 Å². The Balaban J connectivity index is 3.29. The number of halogens is 24. The van der Waals surface area contributed by atoms with Gasteiger partial charge in [-0.1, -0.05) is 0 Å². The van der Waals surface area contributed by atoms with Gasteiger partial charge in [0.1, 0.15) is 11.4 Å². The summed E-state index contributed by atoms with van der Waals surface area (Å²) in [5, 5.41) is -0.330. The third-order valence-corrected chi connectivity index (χ3v) is 5.15. The minimum atomic E-state index is -7.95. The highest BCUT2D eigenvalue weighted by atomic mass is 19.4. The standard InChI is InChI=1S/C20HF24N3/c21-1-3(23)7(27)11(8(28)4(1)24)45-13(15(31,32)17(35,36)19(39,40)41)47-14(16(33,34)18(37,38)20(42,43)44)46-12-9(29)5(25)2(22)6(26)10(12)30/h(H,45,46,47). The molecule has 0 unspecified atom stereocenters. The molecule has 0 atom stereocenters. The third-order valence-electron chi connectivity index (χ3n) is 5.15. The Morgan fingerprint density at radius 1 is 0.404 bits per heavy atom. The largest absolute Gasteiger partial charge is 0.460 e. The van der Waals surface area contributed by atoms with Crippen molar-refractivity contribution in [3.8, 4) is 0 Å². The van der Waals surface area contributed by atoms with Gasteiger partial charge >= 0.3 is 36.0 Å². The van der Waals surface area contributed by atoms with E-state index in [-0.39, 0.29) is 5.32 Å². The summed E-state index contributed by atoms with van der Waals surface area (Å²) in [6.45, 7) is 0. The zero-order chi connectivity index (χ0) is 37.2. The molecule has 0 saturated heterocycles. The van der Waals surface area contributed by atoms with Gasteiger partial charge in [-0.05, 0) is 0 Å². The first kappa shape index (κ1) is 39.1. The first-order valence-electron chi connectivity index (χ1n) is 10.4. The minimum Gasteiger partial charge on any atom is -0.333 e. The summed E-state index contributed by atoms with van der Waals surface area (Å²) in [5.74, 6) is -74.7. The van der Waals surface area contributed by atoms with Crippen molar-refractivity contribution in [3.05, 3.63) is 58.2 Å². The van der Waals surface area contributed by atoms with Gasteiger partial charge in [0, 0.05) is 0 Å². The molecule has 1 N–H and O–H groups in total. The highest BCUT2D eigenvalue weighted by Crippen LogP contribution is 2.50. The summed E-state index contributed by atoms with van der Waals surface area (Å²) in [4.78, 5) is 2.36. The second-order valence-corrected chi connectivity index (χ2v) is 8.18. The van der Waals surface area contributed by atoms with Crippen LogP contribution in [-0.4, -0.2) is 47.7 Å². The van der Waals surface area contributed by atoms with Crippen LogP contribution in [0.25, 0.3) is 0 Å². The lowest BCUT2D eigenvalue weighted by Gasteiger charge is -2.31. The van der Waals surface area contributed by atoms with Crippen LogP contribution in [0.15, 0.2) is 9.98 Å². The van der Waals surface area contributed by atoms with Gasteiger partial charge in [-0.25, -0.2) is 53.9 Å². The van der Waals surface area contributed by atoms with Gasteiger partial charge in [0.2, 0.25) is 17.5 Å². The highest BCUT2D eigenvalue weighted by molar-refractivity contribution is 6.10. The number of nitrogens with zero attached hydrogens (tertiary/aromatic N) is 2.